The Labute approximate surface area is 111 Å². The normalized spacial score (nSPS) is 19.4. The maximum absolute atomic E-state index is 12.5. The first-order valence-corrected chi connectivity index (χ1v) is 6.56. The fourth-order valence-corrected chi connectivity index (χ4v) is 2.58. The quantitative estimate of drug-likeness (QED) is 0.895. The first-order chi connectivity index (χ1) is 9.36. The van der Waals surface area contributed by atoms with Crippen molar-refractivity contribution in [1.29, 1.82) is 0 Å². The molecule has 0 spiro atoms. The molecule has 1 N–H and O–H groups in total. The average Bonchev–Trinajstić information content (AvgIpc) is 3.02. The highest BCUT2D eigenvalue weighted by Gasteiger charge is 2.29. The predicted octanol–water partition coefficient (Wildman–Crippen LogP) is 2.17. The molecule has 5 heteroatoms. The smallest absolute Gasteiger partial charge is 0.272 e. The summed E-state index contributed by atoms with van der Waals surface area (Å²) in [6.45, 7) is 0.777. The van der Waals surface area contributed by atoms with Gasteiger partial charge >= 0.3 is 0 Å². The maximum Gasteiger partial charge on any atom is 0.272 e. The van der Waals surface area contributed by atoms with E-state index in [-0.39, 0.29) is 11.9 Å². The molecule has 0 radical (unpaired) electrons. The number of amides is 1. The Morgan fingerprint density at radius 3 is 3.05 bits per heavy atom. The lowest BCUT2D eigenvalue weighted by Gasteiger charge is -2.35. The molecule has 0 unspecified atom stereocenters. The van der Waals surface area contributed by atoms with Crippen LogP contribution < -0.4 is 0 Å². The van der Waals surface area contributed by atoms with Crippen molar-refractivity contribution in [2.24, 2.45) is 0 Å². The van der Waals surface area contributed by atoms with Crippen molar-refractivity contribution in [3.63, 3.8) is 0 Å². The van der Waals surface area contributed by atoms with Crippen molar-refractivity contribution in [2.45, 2.75) is 25.3 Å². The molecule has 5 nitrogen and oxygen atoms in total. The number of hydrogen-bond donors (Lipinski definition) is 1. The van der Waals surface area contributed by atoms with Gasteiger partial charge in [0.15, 0.2) is 0 Å². The number of carbonyl (C=O) groups is 1. The van der Waals surface area contributed by atoms with E-state index >= 15 is 0 Å². The van der Waals surface area contributed by atoms with Gasteiger partial charge in [-0.3, -0.25) is 9.78 Å². The van der Waals surface area contributed by atoms with Gasteiger partial charge in [0, 0.05) is 12.7 Å². The first kappa shape index (κ1) is 11.9. The van der Waals surface area contributed by atoms with Crippen LogP contribution in [-0.2, 0) is 0 Å². The Morgan fingerprint density at radius 1 is 1.37 bits per heavy atom. The number of hydrogen-bond acceptors (Lipinski definition) is 3. The summed E-state index contributed by atoms with van der Waals surface area (Å²) in [5.74, 6) is 0.00727. The maximum atomic E-state index is 12.5. The molecule has 0 saturated carbocycles. The van der Waals surface area contributed by atoms with Gasteiger partial charge in [-0.15, -0.1) is 0 Å². The van der Waals surface area contributed by atoms with E-state index in [9.17, 15) is 4.79 Å². The summed E-state index contributed by atoms with van der Waals surface area (Å²) in [5, 5.41) is 0. The predicted molar refractivity (Wildman–Crippen MR) is 70.5 cm³/mol. The molecule has 3 heterocycles. The number of pyridine rings is 1. The Kier molecular flexibility index (Phi) is 3.27. The van der Waals surface area contributed by atoms with Gasteiger partial charge in [-0.1, -0.05) is 6.07 Å². The molecule has 1 atom stereocenters. The number of imidazole rings is 1. The van der Waals surface area contributed by atoms with Crippen molar-refractivity contribution in [1.82, 2.24) is 19.9 Å². The fourth-order valence-electron chi connectivity index (χ4n) is 2.58. The standard InChI is InChI=1S/C14H16N4O/c19-14(12-9-15-10-17-12)18-8-4-2-6-13(18)11-5-1-3-7-16-11/h1,3,5,7,9-10,13H,2,4,6,8H2,(H,15,17)/t13-/m0/s1. The van der Waals surface area contributed by atoms with Crippen molar-refractivity contribution in [2.75, 3.05) is 6.54 Å². The van der Waals surface area contributed by atoms with Crippen LogP contribution in [0.25, 0.3) is 0 Å². The lowest BCUT2D eigenvalue weighted by molar-refractivity contribution is 0.0600. The summed E-state index contributed by atoms with van der Waals surface area (Å²) >= 11 is 0. The number of aromatic amines is 1. The van der Waals surface area contributed by atoms with Crippen LogP contribution in [0.15, 0.2) is 36.9 Å². The summed E-state index contributed by atoms with van der Waals surface area (Å²) in [6, 6.07) is 5.93. The van der Waals surface area contributed by atoms with Gasteiger partial charge in [-0.05, 0) is 31.4 Å². The number of aromatic nitrogens is 3. The van der Waals surface area contributed by atoms with Gasteiger partial charge < -0.3 is 9.88 Å². The summed E-state index contributed by atoms with van der Waals surface area (Å²) < 4.78 is 0. The van der Waals surface area contributed by atoms with Crippen LogP contribution in [0.2, 0.25) is 0 Å². The number of nitrogens with one attached hydrogen (secondary N) is 1. The number of carbonyl (C=O) groups excluding carboxylic acids is 1. The van der Waals surface area contributed by atoms with Gasteiger partial charge in [-0.2, -0.15) is 0 Å². The van der Waals surface area contributed by atoms with Crippen molar-refractivity contribution in [3.8, 4) is 0 Å². The van der Waals surface area contributed by atoms with Crippen LogP contribution in [0.5, 0.6) is 0 Å². The highest BCUT2D eigenvalue weighted by atomic mass is 16.2. The van der Waals surface area contributed by atoms with E-state index in [1.54, 1.807) is 12.4 Å². The minimum Gasteiger partial charge on any atom is -0.341 e. The lowest BCUT2D eigenvalue weighted by Crippen LogP contribution is -2.39. The number of likely N-dealkylation sites (tertiary alicyclic amines) is 1. The highest BCUT2D eigenvalue weighted by Crippen LogP contribution is 2.30. The lowest BCUT2D eigenvalue weighted by atomic mass is 9.98. The molecule has 2 aromatic heterocycles. The number of nitrogens with zero attached hydrogens (tertiary/aromatic N) is 3. The van der Waals surface area contributed by atoms with Gasteiger partial charge in [0.2, 0.25) is 0 Å². The molecule has 98 valence electrons. The third-order valence-corrected chi connectivity index (χ3v) is 3.52. The molecule has 1 aliphatic heterocycles. The van der Waals surface area contributed by atoms with Crippen molar-refractivity contribution in [3.05, 3.63) is 48.3 Å². The molecule has 0 aliphatic carbocycles. The number of rotatable bonds is 2. The van der Waals surface area contributed by atoms with E-state index in [1.165, 1.54) is 6.33 Å². The number of H-pyrrole nitrogens is 1. The van der Waals surface area contributed by atoms with Crippen molar-refractivity contribution < 1.29 is 4.79 Å². The second-order valence-corrected chi connectivity index (χ2v) is 4.73. The zero-order chi connectivity index (χ0) is 13.1. The summed E-state index contributed by atoms with van der Waals surface area (Å²) in [7, 11) is 0. The molecule has 0 bridgehead atoms. The van der Waals surface area contributed by atoms with Gasteiger partial charge in [-0.25, -0.2) is 4.98 Å². The average molecular weight is 256 g/mol. The third kappa shape index (κ3) is 2.36. The summed E-state index contributed by atoms with van der Waals surface area (Å²) in [6.07, 6.45) is 8.04. The zero-order valence-corrected chi connectivity index (χ0v) is 10.6. The SMILES string of the molecule is O=C(c1cnc[nH]1)N1CCCC[C@H]1c1ccccn1. The van der Waals surface area contributed by atoms with Crippen molar-refractivity contribution >= 4 is 5.91 Å². The summed E-state index contributed by atoms with van der Waals surface area (Å²) in [4.78, 5) is 25.6. The topological polar surface area (TPSA) is 61.9 Å². The van der Waals surface area contributed by atoms with Gasteiger partial charge in [0.25, 0.3) is 5.91 Å². The minimum atomic E-state index is 0.00727. The number of piperidine rings is 1. The molecular weight excluding hydrogens is 240 g/mol. The van der Waals surface area contributed by atoms with E-state index < -0.39 is 0 Å². The van der Waals surface area contributed by atoms with E-state index in [4.69, 9.17) is 0 Å². The van der Waals surface area contributed by atoms with Crippen LogP contribution in [0, 0.1) is 0 Å². The van der Waals surface area contributed by atoms with Crippen LogP contribution in [0.3, 0.4) is 0 Å². The largest absolute Gasteiger partial charge is 0.341 e. The molecule has 3 rings (SSSR count). The van der Waals surface area contributed by atoms with Gasteiger partial charge in [0.05, 0.1) is 24.3 Å². The minimum absolute atomic E-state index is 0.00727. The Morgan fingerprint density at radius 2 is 2.32 bits per heavy atom. The Hall–Kier alpha value is -2.17. The van der Waals surface area contributed by atoms with Crippen LogP contribution in [-0.4, -0.2) is 32.3 Å². The Bertz CT molecular complexity index is 538. The molecule has 1 saturated heterocycles. The Balaban J connectivity index is 1.87. The second-order valence-electron chi connectivity index (χ2n) is 4.73. The highest BCUT2D eigenvalue weighted by molar-refractivity contribution is 5.92. The monoisotopic (exact) mass is 256 g/mol. The van der Waals surface area contributed by atoms with E-state index in [0.29, 0.717) is 5.69 Å². The van der Waals surface area contributed by atoms with Gasteiger partial charge in [0.1, 0.15) is 5.69 Å². The molecule has 1 amide bonds. The molecular formula is C14H16N4O. The van der Waals surface area contributed by atoms with E-state index in [0.717, 1.165) is 31.5 Å². The molecule has 1 fully saturated rings. The zero-order valence-electron chi connectivity index (χ0n) is 10.6. The van der Waals surface area contributed by atoms with Crippen LogP contribution in [0.4, 0.5) is 0 Å². The molecule has 1 aliphatic rings. The second kappa shape index (κ2) is 5.22. The van der Waals surface area contributed by atoms with Crippen LogP contribution in [0.1, 0.15) is 41.5 Å². The fraction of sp³-hybridized carbons (Fsp3) is 0.357. The third-order valence-electron chi connectivity index (χ3n) is 3.52. The van der Waals surface area contributed by atoms with Crippen LogP contribution >= 0.6 is 0 Å². The van der Waals surface area contributed by atoms with E-state index in [2.05, 4.69) is 15.0 Å². The summed E-state index contributed by atoms with van der Waals surface area (Å²) in [5.41, 5.74) is 1.51. The molecule has 0 aromatic carbocycles. The first-order valence-electron chi connectivity index (χ1n) is 6.56. The molecule has 19 heavy (non-hydrogen) atoms. The molecule has 2 aromatic rings. The van der Waals surface area contributed by atoms with E-state index in [1.807, 2.05) is 23.1 Å².